The molecule has 0 aliphatic carbocycles. The number of amides is 2. The highest BCUT2D eigenvalue weighted by atomic mass is 19.1. The van der Waals surface area contributed by atoms with Crippen molar-refractivity contribution >= 4 is 28.8 Å². The molecule has 2 amide bonds. The van der Waals surface area contributed by atoms with Crippen molar-refractivity contribution in [3.8, 4) is 0 Å². The molecule has 1 heterocycles. The molecule has 2 aromatic carbocycles. The number of nitrogens with zero attached hydrogens (tertiary/aromatic N) is 2. The second kappa shape index (κ2) is 13.2. The maximum atomic E-state index is 14.0. The van der Waals surface area contributed by atoms with Crippen LogP contribution in [-0.2, 0) is 20.7 Å². The number of hydrogen-bond donors (Lipinski definition) is 4. The molecule has 0 aliphatic heterocycles. The summed E-state index contributed by atoms with van der Waals surface area (Å²) in [4.78, 5) is 46.6. The number of hydrogen-bond acceptors (Lipinski definition) is 8. The summed E-state index contributed by atoms with van der Waals surface area (Å²) < 4.78 is 19.6. The number of para-hydroxylation sites is 2. The van der Waals surface area contributed by atoms with Crippen molar-refractivity contribution in [3.05, 3.63) is 71.8 Å². The molecule has 6 N–H and O–H groups in total. The Labute approximate surface area is 226 Å². The molecule has 0 saturated heterocycles. The van der Waals surface area contributed by atoms with E-state index in [0.717, 1.165) is 0 Å². The van der Waals surface area contributed by atoms with Crippen molar-refractivity contribution in [2.24, 2.45) is 17.4 Å². The predicted molar refractivity (Wildman–Crippen MR) is 143 cm³/mol. The van der Waals surface area contributed by atoms with Gasteiger partial charge < -0.3 is 26.6 Å². The molecule has 0 bridgehead atoms. The van der Waals surface area contributed by atoms with Crippen LogP contribution in [0.5, 0.6) is 0 Å². The first-order chi connectivity index (χ1) is 18.4. The van der Waals surface area contributed by atoms with Crippen LogP contribution < -0.4 is 16.8 Å². The lowest BCUT2D eigenvalue weighted by molar-refractivity contribution is -0.150. The van der Waals surface area contributed by atoms with E-state index in [1.807, 2.05) is 0 Å². The number of rotatable bonds is 13. The van der Waals surface area contributed by atoms with Crippen molar-refractivity contribution in [2.45, 2.75) is 57.3 Å². The van der Waals surface area contributed by atoms with Crippen molar-refractivity contribution in [2.75, 3.05) is 6.54 Å². The zero-order chi connectivity index (χ0) is 28.6. The molecule has 39 heavy (non-hydrogen) atoms. The molecule has 3 atom stereocenters. The first-order valence-corrected chi connectivity index (χ1v) is 12.6. The van der Waals surface area contributed by atoms with E-state index in [2.05, 4.69) is 15.3 Å². The zero-order valence-electron chi connectivity index (χ0n) is 22.0. The summed E-state index contributed by atoms with van der Waals surface area (Å²) in [6.45, 7) is 2.78. The molecule has 1 aromatic heterocycles. The van der Waals surface area contributed by atoms with E-state index >= 15 is 0 Å². The highest BCUT2D eigenvalue weighted by Gasteiger charge is 2.33. The molecule has 0 aliphatic rings. The summed E-state index contributed by atoms with van der Waals surface area (Å²) in [6, 6.07) is 11.9. The van der Waals surface area contributed by atoms with Crippen molar-refractivity contribution in [1.29, 1.82) is 0 Å². The van der Waals surface area contributed by atoms with Crippen molar-refractivity contribution in [1.82, 2.24) is 15.3 Å². The minimum atomic E-state index is -1.05. The average Bonchev–Trinajstić information content (AvgIpc) is 2.88. The second-order valence-corrected chi connectivity index (χ2v) is 10.1. The van der Waals surface area contributed by atoms with Crippen LogP contribution in [-0.4, -0.2) is 57.1 Å². The summed E-state index contributed by atoms with van der Waals surface area (Å²) in [6.07, 6.45) is 0.747. The molecule has 0 unspecified atom stereocenters. The Balaban J connectivity index is 1.95. The minimum absolute atomic E-state index is 0.0234. The SMILES string of the molecule is CC(C)(O)CC[C@H](C[C@H](OC(=O)CN)[C@H](Cc1cccc(F)c1)NC(=O)c1cnc2ccccc2n1)C(N)=O. The van der Waals surface area contributed by atoms with Gasteiger partial charge in [0.2, 0.25) is 5.91 Å². The van der Waals surface area contributed by atoms with E-state index in [9.17, 15) is 23.9 Å². The highest BCUT2D eigenvalue weighted by molar-refractivity contribution is 5.94. The molecule has 0 fully saturated rings. The van der Waals surface area contributed by atoms with Gasteiger partial charge in [0, 0.05) is 5.92 Å². The van der Waals surface area contributed by atoms with Gasteiger partial charge in [-0.05, 0) is 69.4 Å². The number of aliphatic hydroxyl groups is 1. The van der Waals surface area contributed by atoms with Gasteiger partial charge >= 0.3 is 5.97 Å². The van der Waals surface area contributed by atoms with Crippen molar-refractivity contribution < 1.29 is 28.6 Å². The van der Waals surface area contributed by atoms with E-state index in [0.29, 0.717) is 16.6 Å². The number of nitrogens with two attached hydrogens (primary N) is 2. The predicted octanol–water partition coefficient (Wildman–Crippen LogP) is 2.02. The summed E-state index contributed by atoms with van der Waals surface area (Å²) in [7, 11) is 0. The van der Waals surface area contributed by atoms with Crippen LogP contribution >= 0.6 is 0 Å². The van der Waals surface area contributed by atoms with E-state index < -0.39 is 53.8 Å². The minimum Gasteiger partial charge on any atom is -0.459 e. The molecular weight excluding hydrogens is 505 g/mol. The Bertz CT molecular complexity index is 1310. The zero-order valence-corrected chi connectivity index (χ0v) is 22.0. The van der Waals surface area contributed by atoms with Crippen LogP contribution in [0.3, 0.4) is 0 Å². The molecule has 3 rings (SSSR count). The molecule has 10 nitrogen and oxygen atoms in total. The fraction of sp³-hybridized carbons (Fsp3) is 0.393. The first-order valence-electron chi connectivity index (χ1n) is 12.6. The van der Waals surface area contributed by atoms with Gasteiger partial charge in [0.05, 0.1) is 35.4 Å². The van der Waals surface area contributed by atoms with E-state index in [4.69, 9.17) is 16.2 Å². The van der Waals surface area contributed by atoms with Gasteiger partial charge in [-0.2, -0.15) is 0 Å². The molecular formula is C28H34FN5O5. The highest BCUT2D eigenvalue weighted by Crippen LogP contribution is 2.24. The molecule has 0 radical (unpaired) electrons. The van der Waals surface area contributed by atoms with Crippen LogP contribution in [0.2, 0.25) is 0 Å². The Morgan fingerprint density at radius 3 is 2.49 bits per heavy atom. The average molecular weight is 540 g/mol. The third kappa shape index (κ3) is 9.08. The van der Waals surface area contributed by atoms with Gasteiger partial charge in [0.15, 0.2) is 0 Å². The van der Waals surface area contributed by atoms with Crippen LogP contribution in [0.25, 0.3) is 11.0 Å². The normalized spacial score (nSPS) is 13.9. The van der Waals surface area contributed by atoms with Crippen LogP contribution in [0, 0.1) is 11.7 Å². The Kier molecular flexibility index (Phi) is 10.0. The number of nitrogens with one attached hydrogen (secondary N) is 1. The number of halogens is 1. The van der Waals surface area contributed by atoms with Crippen molar-refractivity contribution in [3.63, 3.8) is 0 Å². The van der Waals surface area contributed by atoms with Crippen LogP contribution in [0.1, 0.15) is 49.2 Å². The quantitative estimate of drug-likeness (QED) is 0.239. The summed E-state index contributed by atoms with van der Waals surface area (Å²) in [5.74, 6) is -3.28. The van der Waals surface area contributed by atoms with Crippen LogP contribution in [0.15, 0.2) is 54.7 Å². The van der Waals surface area contributed by atoms with E-state index in [1.165, 1.54) is 24.4 Å². The van der Waals surface area contributed by atoms with Crippen LogP contribution in [0.4, 0.5) is 4.39 Å². The van der Waals surface area contributed by atoms with Gasteiger partial charge in [-0.25, -0.2) is 9.37 Å². The van der Waals surface area contributed by atoms with Gasteiger partial charge in [-0.15, -0.1) is 0 Å². The topological polar surface area (TPSA) is 171 Å². The Morgan fingerprint density at radius 2 is 1.85 bits per heavy atom. The number of fused-ring (bicyclic) bond motifs is 1. The van der Waals surface area contributed by atoms with E-state index in [1.54, 1.807) is 44.2 Å². The monoisotopic (exact) mass is 539 g/mol. The lowest BCUT2D eigenvalue weighted by atomic mass is 9.87. The first kappa shape index (κ1) is 29.6. The van der Waals surface area contributed by atoms with Gasteiger partial charge in [-0.3, -0.25) is 19.4 Å². The summed E-state index contributed by atoms with van der Waals surface area (Å²) >= 11 is 0. The fourth-order valence-electron chi connectivity index (χ4n) is 4.20. The lowest BCUT2D eigenvalue weighted by Gasteiger charge is -2.31. The molecule has 208 valence electrons. The number of primary amides is 1. The number of benzene rings is 2. The number of aromatic nitrogens is 2. The maximum absolute atomic E-state index is 14.0. The largest absolute Gasteiger partial charge is 0.459 e. The third-order valence-corrected chi connectivity index (χ3v) is 6.26. The standard InChI is InChI=1S/C28H34FN5O5/c1-28(2,38)11-10-18(26(31)36)14-24(39-25(35)15-30)22(13-17-6-5-7-19(29)12-17)34-27(37)23-16-32-20-8-3-4-9-21(20)33-23/h3-9,12,16,18,22,24,38H,10-11,13-15,30H2,1-2H3,(H2,31,36)(H,34,37)/t18-,22+,24+/m1/s1. The third-order valence-electron chi connectivity index (χ3n) is 6.26. The molecule has 11 heteroatoms. The summed E-state index contributed by atoms with van der Waals surface area (Å²) in [5.41, 5.74) is 11.8. The number of carbonyl (C=O) groups is 3. The Hall–Kier alpha value is -3.96. The van der Waals surface area contributed by atoms with Gasteiger partial charge in [0.1, 0.15) is 17.6 Å². The van der Waals surface area contributed by atoms with Gasteiger partial charge in [-0.1, -0.05) is 24.3 Å². The van der Waals surface area contributed by atoms with Gasteiger partial charge in [0.25, 0.3) is 5.91 Å². The summed E-state index contributed by atoms with van der Waals surface area (Å²) in [5, 5.41) is 13.0. The molecule has 0 spiro atoms. The lowest BCUT2D eigenvalue weighted by Crippen LogP contribution is -2.49. The number of ether oxygens (including phenoxy) is 1. The number of carbonyl (C=O) groups excluding carboxylic acids is 3. The smallest absolute Gasteiger partial charge is 0.320 e. The Morgan fingerprint density at radius 1 is 1.13 bits per heavy atom. The molecule has 0 saturated carbocycles. The second-order valence-electron chi connectivity index (χ2n) is 10.1. The number of esters is 1. The molecule has 3 aromatic rings. The van der Waals surface area contributed by atoms with E-state index in [-0.39, 0.29) is 31.4 Å². The maximum Gasteiger partial charge on any atom is 0.320 e. The fourth-order valence-corrected chi connectivity index (χ4v) is 4.20.